The number of hydrogen-bond donors (Lipinski definition) is 0. The molecule has 0 bridgehead atoms. The second kappa shape index (κ2) is 4.50. The van der Waals surface area contributed by atoms with Crippen molar-refractivity contribution in [1.82, 2.24) is 0 Å². The van der Waals surface area contributed by atoms with Crippen molar-refractivity contribution in [3.63, 3.8) is 0 Å². The van der Waals surface area contributed by atoms with Gasteiger partial charge in [-0.25, -0.2) is 0 Å². The van der Waals surface area contributed by atoms with Crippen molar-refractivity contribution in [3.05, 3.63) is 42.5 Å². The van der Waals surface area contributed by atoms with Gasteiger partial charge in [-0.2, -0.15) is 0 Å². The summed E-state index contributed by atoms with van der Waals surface area (Å²) in [5, 5.41) is 3.64. The van der Waals surface area contributed by atoms with Gasteiger partial charge in [0.1, 0.15) is 0 Å². The van der Waals surface area contributed by atoms with Crippen LogP contribution in [0, 0.1) is 0 Å². The standard InChI is InChI=1S/C15H16S/c1-4-10-14-12(6-1)7-5-11-15(14)16-13-8-2-3-9-13/h1,4-7,10-11,13H,2-3,8-9H2. The van der Waals surface area contributed by atoms with Gasteiger partial charge < -0.3 is 0 Å². The third kappa shape index (κ3) is 1.97. The highest BCUT2D eigenvalue weighted by Crippen LogP contribution is 2.37. The molecule has 0 heterocycles. The highest BCUT2D eigenvalue weighted by atomic mass is 32.2. The van der Waals surface area contributed by atoms with E-state index in [2.05, 4.69) is 54.2 Å². The minimum atomic E-state index is 0.853. The van der Waals surface area contributed by atoms with Gasteiger partial charge in [0.05, 0.1) is 0 Å². The Labute approximate surface area is 101 Å². The lowest BCUT2D eigenvalue weighted by atomic mass is 10.1. The lowest BCUT2D eigenvalue weighted by molar-refractivity contribution is 0.886. The second-order valence-electron chi connectivity index (χ2n) is 4.50. The Hall–Kier alpha value is -0.950. The van der Waals surface area contributed by atoms with Crippen LogP contribution in [0.2, 0.25) is 0 Å². The molecule has 3 rings (SSSR count). The first kappa shape index (κ1) is 10.2. The molecule has 0 aromatic heterocycles. The summed E-state index contributed by atoms with van der Waals surface area (Å²) in [7, 11) is 0. The molecule has 0 radical (unpaired) electrons. The molecule has 1 fully saturated rings. The average Bonchev–Trinajstić information content (AvgIpc) is 2.82. The lowest BCUT2D eigenvalue weighted by Crippen LogP contribution is -1.93. The first-order valence-electron chi connectivity index (χ1n) is 6.08. The van der Waals surface area contributed by atoms with Crippen molar-refractivity contribution < 1.29 is 0 Å². The quantitative estimate of drug-likeness (QED) is 0.706. The van der Waals surface area contributed by atoms with Crippen LogP contribution < -0.4 is 0 Å². The lowest BCUT2D eigenvalue weighted by Gasteiger charge is -2.11. The zero-order valence-electron chi connectivity index (χ0n) is 9.36. The number of hydrogen-bond acceptors (Lipinski definition) is 1. The van der Waals surface area contributed by atoms with Gasteiger partial charge in [0.2, 0.25) is 0 Å². The van der Waals surface area contributed by atoms with Gasteiger partial charge in [-0.1, -0.05) is 49.2 Å². The normalized spacial score (nSPS) is 17.0. The van der Waals surface area contributed by atoms with E-state index in [1.54, 1.807) is 0 Å². The Bertz CT molecular complexity index is 478. The number of benzene rings is 2. The van der Waals surface area contributed by atoms with Gasteiger partial charge in [-0.15, -0.1) is 11.8 Å². The van der Waals surface area contributed by atoms with Crippen LogP contribution in [0.25, 0.3) is 10.8 Å². The molecule has 82 valence electrons. The van der Waals surface area contributed by atoms with Crippen LogP contribution >= 0.6 is 11.8 Å². The Balaban J connectivity index is 1.96. The molecule has 0 amide bonds. The van der Waals surface area contributed by atoms with Crippen molar-refractivity contribution in [2.75, 3.05) is 0 Å². The summed E-state index contributed by atoms with van der Waals surface area (Å²) < 4.78 is 0. The molecule has 1 aliphatic rings. The smallest absolute Gasteiger partial charge is 0.0153 e. The predicted octanol–water partition coefficient (Wildman–Crippen LogP) is 4.87. The van der Waals surface area contributed by atoms with E-state index in [-0.39, 0.29) is 0 Å². The van der Waals surface area contributed by atoms with Gasteiger partial charge in [-0.05, 0) is 29.7 Å². The molecule has 0 nitrogen and oxygen atoms in total. The van der Waals surface area contributed by atoms with Gasteiger partial charge >= 0.3 is 0 Å². The molecule has 1 heteroatoms. The van der Waals surface area contributed by atoms with Gasteiger partial charge in [0, 0.05) is 10.1 Å². The summed E-state index contributed by atoms with van der Waals surface area (Å²) in [6, 6.07) is 15.4. The largest absolute Gasteiger partial charge is 0.122 e. The Morgan fingerprint density at radius 3 is 2.50 bits per heavy atom. The molecule has 2 aromatic rings. The molecule has 0 N–H and O–H groups in total. The first-order chi connectivity index (χ1) is 7.93. The van der Waals surface area contributed by atoms with Gasteiger partial charge in [0.25, 0.3) is 0 Å². The Morgan fingerprint density at radius 1 is 0.875 bits per heavy atom. The van der Waals surface area contributed by atoms with Crippen LogP contribution in [-0.4, -0.2) is 5.25 Å². The molecule has 0 aliphatic heterocycles. The van der Waals surface area contributed by atoms with E-state index in [1.165, 1.54) is 41.4 Å². The van der Waals surface area contributed by atoms with Crippen LogP contribution in [0.3, 0.4) is 0 Å². The topological polar surface area (TPSA) is 0 Å². The zero-order valence-corrected chi connectivity index (χ0v) is 10.2. The fourth-order valence-corrected chi connectivity index (χ4v) is 3.88. The van der Waals surface area contributed by atoms with Crippen molar-refractivity contribution in [1.29, 1.82) is 0 Å². The first-order valence-corrected chi connectivity index (χ1v) is 6.96. The minimum Gasteiger partial charge on any atom is -0.122 e. The SMILES string of the molecule is c1ccc2c(SC3CCCC3)cccc2c1. The molecule has 1 aliphatic carbocycles. The fourth-order valence-electron chi connectivity index (χ4n) is 2.48. The molecular formula is C15H16S. The van der Waals surface area contributed by atoms with Crippen molar-refractivity contribution in [2.24, 2.45) is 0 Å². The van der Waals surface area contributed by atoms with E-state index < -0.39 is 0 Å². The van der Waals surface area contributed by atoms with E-state index in [4.69, 9.17) is 0 Å². The third-order valence-electron chi connectivity index (χ3n) is 3.35. The predicted molar refractivity (Wildman–Crippen MR) is 72.1 cm³/mol. The summed E-state index contributed by atoms with van der Waals surface area (Å²) >= 11 is 2.08. The summed E-state index contributed by atoms with van der Waals surface area (Å²) in [6.07, 6.45) is 5.63. The van der Waals surface area contributed by atoms with E-state index in [9.17, 15) is 0 Å². The second-order valence-corrected chi connectivity index (χ2v) is 5.84. The molecule has 1 saturated carbocycles. The Kier molecular flexibility index (Phi) is 2.88. The van der Waals surface area contributed by atoms with Gasteiger partial charge in [0.15, 0.2) is 0 Å². The van der Waals surface area contributed by atoms with Crippen molar-refractivity contribution in [2.45, 2.75) is 35.8 Å². The molecule has 0 saturated heterocycles. The molecule has 0 atom stereocenters. The van der Waals surface area contributed by atoms with Crippen LogP contribution in [0.1, 0.15) is 25.7 Å². The third-order valence-corrected chi connectivity index (χ3v) is 4.76. The summed E-state index contributed by atoms with van der Waals surface area (Å²) in [6.45, 7) is 0. The maximum absolute atomic E-state index is 2.27. The summed E-state index contributed by atoms with van der Waals surface area (Å²) in [5.41, 5.74) is 0. The van der Waals surface area contributed by atoms with E-state index in [1.807, 2.05) is 0 Å². The maximum Gasteiger partial charge on any atom is 0.0153 e. The van der Waals surface area contributed by atoms with Crippen molar-refractivity contribution in [3.8, 4) is 0 Å². The zero-order chi connectivity index (χ0) is 10.8. The van der Waals surface area contributed by atoms with E-state index in [0.29, 0.717) is 0 Å². The van der Waals surface area contributed by atoms with Crippen LogP contribution in [0.15, 0.2) is 47.4 Å². The van der Waals surface area contributed by atoms with E-state index in [0.717, 1.165) is 5.25 Å². The monoisotopic (exact) mass is 228 g/mol. The minimum absolute atomic E-state index is 0.853. The van der Waals surface area contributed by atoms with Gasteiger partial charge in [-0.3, -0.25) is 0 Å². The van der Waals surface area contributed by atoms with Crippen LogP contribution in [0.5, 0.6) is 0 Å². The molecule has 0 unspecified atom stereocenters. The summed E-state index contributed by atoms with van der Waals surface area (Å²) in [4.78, 5) is 1.46. The molecule has 16 heavy (non-hydrogen) atoms. The van der Waals surface area contributed by atoms with Crippen LogP contribution in [0.4, 0.5) is 0 Å². The highest BCUT2D eigenvalue weighted by Gasteiger charge is 2.16. The molecular weight excluding hydrogens is 212 g/mol. The molecule has 0 spiro atoms. The van der Waals surface area contributed by atoms with Crippen LogP contribution in [-0.2, 0) is 0 Å². The highest BCUT2D eigenvalue weighted by molar-refractivity contribution is 8.00. The van der Waals surface area contributed by atoms with Crippen molar-refractivity contribution >= 4 is 22.5 Å². The number of thioether (sulfide) groups is 1. The molecule has 2 aromatic carbocycles. The number of rotatable bonds is 2. The van der Waals surface area contributed by atoms with E-state index >= 15 is 0 Å². The number of fused-ring (bicyclic) bond motifs is 1. The average molecular weight is 228 g/mol. The summed E-state index contributed by atoms with van der Waals surface area (Å²) in [5.74, 6) is 0. The fraction of sp³-hybridized carbons (Fsp3) is 0.333. The maximum atomic E-state index is 2.27. The Morgan fingerprint density at radius 2 is 1.62 bits per heavy atom.